The van der Waals surface area contributed by atoms with Crippen molar-refractivity contribution in [3.8, 4) is 0 Å². The van der Waals surface area contributed by atoms with Crippen LogP contribution in [-0.4, -0.2) is 40.2 Å². The Hall–Kier alpha value is -1.20. The van der Waals surface area contributed by atoms with Crippen molar-refractivity contribution in [2.75, 3.05) is 12.3 Å². The Kier molecular flexibility index (Phi) is 4.71. The van der Waals surface area contributed by atoms with Gasteiger partial charge in [0.1, 0.15) is 6.04 Å². The van der Waals surface area contributed by atoms with Gasteiger partial charge in [0.15, 0.2) is 0 Å². The first-order valence-corrected chi connectivity index (χ1v) is 7.35. The first-order valence-electron chi connectivity index (χ1n) is 5.99. The van der Waals surface area contributed by atoms with E-state index < -0.39 is 12.0 Å². The largest absolute Gasteiger partial charge is 0.480 e. The highest BCUT2D eigenvalue weighted by molar-refractivity contribution is 8.00. The zero-order valence-corrected chi connectivity index (χ0v) is 11.8. The zero-order chi connectivity index (χ0) is 13.8. The minimum Gasteiger partial charge on any atom is -0.480 e. The number of halogens is 1. The van der Waals surface area contributed by atoms with Crippen molar-refractivity contribution in [1.29, 1.82) is 0 Å². The highest BCUT2D eigenvalue weighted by Crippen LogP contribution is 2.27. The van der Waals surface area contributed by atoms with E-state index in [1.165, 1.54) is 16.7 Å². The van der Waals surface area contributed by atoms with E-state index >= 15 is 0 Å². The van der Waals surface area contributed by atoms with Gasteiger partial charge in [-0.25, -0.2) is 4.79 Å². The highest BCUT2D eigenvalue weighted by Gasteiger charge is 2.33. The maximum atomic E-state index is 12.0. The summed E-state index contributed by atoms with van der Waals surface area (Å²) in [4.78, 5) is 25.4. The van der Waals surface area contributed by atoms with E-state index in [-0.39, 0.29) is 11.7 Å². The number of likely N-dealkylation sites (tertiary alicyclic amines) is 1. The van der Waals surface area contributed by atoms with Crippen molar-refractivity contribution < 1.29 is 14.7 Å². The lowest BCUT2D eigenvalue weighted by atomic mass is 10.2. The zero-order valence-electron chi connectivity index (χ0n) is 10.2. The summed E-state index contributed by atoms with van der Waals surface area (Å²) < 4.78 is 0. The van der Waals surface area contributed by atoms with E-state index in [1.807, 2.05) is 18.2 Å². The van der Waals surface area contributed by atoms with Crippen molar-refractivity contribution >= 4 is 35.2 Å². The standard InChI is InChI=1S/C13H14ClNO3S/c14-9-4-1-2-6-11(9)19-8-12(16)15-7-3-5-10(15)13(17)18/h1-2,4,6,10H,3,5,7-8H2,(H,17,18)/t10-/m1/s1. The molecule has 6 heteroatoms. The van der Waals surface area contributed by atoms with Gasteiger partial charge in [0.25, 0.3) is 0 Å². The Labute approximate surface area is 120 Å². The van der Waals surface area contributed by atoms with Gasteiger partial charge < -0.3 is 10.0 Å². The molecule has 4 nitrogen and oxygen atoms in total. The minimum absolute atomic E-state index is 0.144. The molecule has 1 heterocycles. The Morgan fingerprint density at radius 3 is 2.84 bits per heavy atom. The molecule has 102 valence electrons. The van der Waals surface area contributed by atoms with E-state index in [0.717, 1.165) is 11.3 Å². The quantitative estimate of drug-likeness (QED) is 0.868. The van der Waals surface area contributed by atoms with Crippen LogP contribution in [-0.2, 0) is 9.59 Å². The Balaban J connectivity index is 1.95. The van der Waals surface area contributed by atoms with E-state index in [4.69, 9.17) is 16.7 Å². The second-order valence-electron chi connectivity index (χ2n) is 4.30. The molecule has 1 saturated heterocycles. The van der Waals surface area contributed by atoms with E-state index in [2.05, 4.69) is 0 Å². The predicted octanol–water partition coefficient (Wildman–Crippen LogP) is 2.51. The van der Waals surface area contributed by atoms with Crippen LogP contribution in [0.15, 0.2) is 29.2 Å². The number of hydrogen-bond donors (Lipinski definition) is 1. The van der Waals surface area contributed by atoms with Gasteiger partial charge in [0, 0.05) is 11.4 Å². The third kappa shape index (κ3) is 3.42. The Bertz CT molecular complexity index is 495. The van der Waals surface area contributed by atoms with Crippen molar-refractivity contribution in [1.82, 2.24) is 4.90 Å². The first kappa shape index (κ1) is 14.2. The van der Waals surface area contributed by atoms with Gasteiger partial charge >= 0.3 is 5.97 Å². The number of thioether (sulfide) groups is 1. The average molecular weight is 300 g/mol. The smallest absolute Gasteiger partial charge is 0.326 e. The molecule has 1 fully saturated rings. The summed E-state index contributed by atoms with van der Waals surface area (Å²) in [6.45, 7) is 0.527. The number of benzene rings is 1. The van der Waals surface area contributed by atoms with Gasteiger partial charge in [-0.05, 0) is 25.0 Å². The molecule has 0 saturated carbocycles. The molecule has 0 spiro atoms. The average Bonchev–Trinajstić information content (AvgIpc) is 2.87. The van der Waals surface area contributed by atoms with Gasteiger partial charge in [0.2, 0.25) is 5.91 Å². The molecule has 0 aromatic heterocycles. The third-order valence-electron chi connectivity index (χ3n) is 3.05. The number of hydrogen-bond acceptors (Lipinski definition) is 3. The van der Waals surface area contributed by atoms with Crippen LogP contribution in [0.1, 0.15) is 12.8 Å². The molecule has 19 heavy (non-hydrogen) atoms. The second-order valence-corrected chi connectivity index (χ2v) is 5.73. The maximum Gasteiger partial charge on any atom is 0.326 e. The number of aliphatic carboxylic acids is 1. The summed E-state index contributed by atoms with van der Waals surface area (Å²) in [7, 11) is 0. The van der Waals surface area contributed by atoms with Crippen LogP contribution in [0.25, 0.3) is 0 Å². The summed E-state index contributed by atoms with van der Waals surface area (Å²) in [5.74, 6) is -0.850. The maximum absolute atomic E-state index is 12.0. The molecular formula is C13H14ClNO3S. The Morgan fingerprint density at radius 1 is 1.42 bits per heavy atom. The van der Waals surface area contributed by atoms with Gasteiger partial charge in [-0.1, -0.05) is 23.7 Å². The number of rotatable bonds is 4. The molecule has 1 aliphatic rings. The number of nitrogens with zero attached hydrogens (tertiary/aromatic N) is 1. The fourth-order valence-corrected chi connectivity index (χ4v) is 3.23. The molecular weight excluding hydrogens is 286 g/mol. The summed E-state index contributed by atoms with van der Waals surface area (Å²) in [6, 6.07) is 6.63. The molecule has 0 radical (unpaired) electrons. The van der Waals surface area contributed by atoms with Crippen molar-refractivity contribution in [2.45, 2.75) is 23.8 Å². The van der Waals surface area contributed by atoms with E-state index in [1.54, 1.807) is 6.07 Å². The second kappa shape index (κ2) is 6.30. The summed E-state index contributed by atoms with van der Waals surface area (Å²) in [5, 5.41) is 9.65. The van der Waals surface area contributed by atoms with E-state index in [9.17, 15) is 9.59 Å². The van der Waals surface area contributed by atoms with Gasteiger partial charge in [-0.2, -0.15) is 0 Å². The molecule has 1 amide bonds. The number of carboxylic acids is 1. The van der Waals surface area contributed by atoms with Crippen molar-refractivity contribution in [3.63, 3.8) is 0 Å². The van der Waals surface area contributed by atoms with Crippen LogP contribution in [0.5, 0.6) is 0 Å². The normalized spacial score (nSPS) is 18.6. The first-order chi connectivity index (χ1) is 9.09. The fraction of sp³-hybridized carbons (Fsp3) is 0.385. The number of amides is 1. The topological polar surface area (TPSA) is 57.6 Å². The van der Waals surface area contributed by atoms with Crippen molar-refractivity contribution in [3.05, 3.63) is 29.3 Å². The molecule has 1 atom stereocenters. The molecule has 1 aliphatic heterocycles. The van der Waals surface area contributed by atoms with Gasteiger partial charge in [-0.3, -0.25) is 4.79 Å². The Morgan fingerprint density at radius 2 is 2.16 bits per heavy atom. The van der Waals surface area contributed by atoms with Crippen molar-refractivity contribution in [2.24, 2.45) is 0 Å². The molecule has 0 unspecified atom stereocenters. The molecule has 1 N–H and O–H groups in total. The molecule has 1 aromatic carbocycles. The molecule has 1 aromatic rings. The lowest BCUT2D eigenvalue weighted by molar-refractivity contribution is -0.147. The van der Waals surface area contributed by atoms with E-state index in [0.29, 0.717) is 18.0 Å². The van der Waals surface area contributed by atoms with Crippen LogP contribution < -0.4 is 0 Å². The number of carboxylic acid groups (broad SMARTS) is 1. The lowest BCUT2D eigenvalue weighted by Gasteiger charge is -2.21. The van der Waals surface area contributed by atoms with Crippen LogP contribution in [0.3, 0.4) is 0 Å². The van der Waals surface area contributed by atoms with Gasteiger partial charge in [0.05, 0.1) is 10.8 Å². The highest BCUT2D eigenvalue weighted by atomic mass is 35.5. The summed E-state index contributed by atoms with van der Waals surface area (Å²) >= 11 is 7.35. The van der Waals surface area contributed by atoms with Crippen LogP contribution in [0.4, 0.5) is 0 Å². The monoisotopic (exact) mass is 299 g/mol. The summed E-state index contributed by atoms with van der Waals surface area (Å²) in [6.07, 6.45) is 1.29. The van der Waals surface area contributed by atoms with Crippen LogP contribution in [0.2, 0.25) is 5.02 Å². The third-order valence-corrected chi connectivity index (χ3v) is 4.55. The SMILES string of the molecule is O=C(O)[C@H]1CCCN1C(=O)CSc1ccccc1Cl. The lowest BCUT2D eigenvalue weighted by Crippen LogP contribution is -2.41. The fourth-order valence-electron chi connectivity index (χ4n) is 2.11. The summed E-state index contributed by atoms with van der Waals surface area (Å²) in [5.41, 5.74) is 0. The minimum atomic E-state index is -0.923. The molecule has 2 rings (SSSR count). The molecule has 0 aliphatic carbocycles. The van der Waals surface area contributed by atoms with Gasteiger partial charge in [-0.15, -0.1) is 11.8 Å². The van der Waals surface area contributed by atoms with Crippen LogP contribution >= 0.6 is 23.4 Å². The van der Waals surface area contributed by atoms with Crippen LogP contribution in [0, 0.1) is 0 Å². The number of carbonyl (C=O) groups excluding carboxylic acids is 1. The predicted molar refractivity (Wildman–Crippen MR) is 74.5 cm³/mol. The molecule has 0 bridgehead atoms. The number of carbonyl (C=O) groups is 2.